The molecule has 0 bridgehead atoms. The van der Waals surface area contributed by atoms with Crippen LogP contribution in [0.25, 0.3) is 0 Å². The molecule has 0 aromatic carbocycles. The normalized spacial score (nSPS) is 17.2. The molecule has 1 rings (SSSR count). The van der Waals surface area contributed by atoms with Crippen molar-refractivity contribution in [1.29, 1.82) is 0 Å². The summed E-state index contributed by atoms with van der Waals surface area (Å²) >= 11 is 0. The van der Waals surface area contributed by atoms with Crippen LogP contribution >= 0.6 is 0 Å². The van der Waals surface area contributed by atoms with Crippen molar-refractivity contribution in [2.45, 2.75) is 19.3 Å². The summed E-state index contributed by atoms with van der Waals surface area (Å²) in [6.07, 6.45) is 3.87. The maximum atomic E-state index is 7.17. The minimum atomic E-state index is -2.17. The van der Waals surface area contributed by atoms with E-state index in [1.165, 1.54) is 25.0 Å². The predicted molar refractivity (Wildman–Crippen MR) is 45.4 cm³/mol. The monoisotopic (exact) mass is 241 g/mol. The van der Waals surface area contributed by atoms with Crippen molar-refractivity contribution < 1.29 is 39.3 Å². The molecule has 12 heavy (non-hydrogen) atoms. The molecule has 3 N–H and O–H groups in total. The molecule has 68 valence electrons. The van der Waals surface area contributed by atoms with Crippen LogP contribution in [0, 0.1) is 5.73 Å². The largest absolute Gasteiger partial charge is 0.631 e. The second-order valence-electron chi connectivity index (χ2n) is 2.35. The van der Waals surface area contributed by atoms with Crippen LogP contribution in [-0.2, 0) is 24.2 Å². The first-order valence-electron chi connectivity index (χ1n) is 3.62. The van der Waals surface area contributed by atoms with Crippen molar-refractivity contribution in [3.05, 3.63) is 5.73 Å². The van der Waals surface area contributed by atoms with Gasteiger partial charge in [-0.15, -0.1) is 10.2 Å². The van der Waals surface area contributed by atoms with Gasteiger partial charge in [-0.25, -0.2) is 5.73 Å². The Kier molecular flexibility index (Phi) is 12.5. The zero-order valence-electron chi connectivity index (χ0n) is 7.36. The molecule has 7 heteroatoms. The standard InChI is InChI=1S/C5H11OSi.BH3O3.Zn/c7-5-3-1-2-4-6-5;2-1(3)4;/h1-4H2,7H3;2-4H;/q-1;;. The molecule has 0 radical (unpaired) electrons. The summed E-state index contributed by atoms with van der Waals surface area (Å²) in [6.45, 7) is 0.985. The molecule has 0 aromatic heterocycles. The van der Waals surface area contributed by atoms with Gasteiger partial charge in [0.1, 0.15) is 0 Å². The minimum absolute atomic E-state index is 0. The van der Waals surface area contributed by atoms with Gasteiger partial charge in [-0.1, -0.05) is 6.42 Å². The molecule has 1 aliphatic heterocycles. The minimum Gasteiger partial charge on any atom is -0.551 e. The van der Waals surface area contributed by atoms with Crippen LogP contribution in [0.4, 0.5) is 0 Å². The molecule has 1 aliphatic rings. The summed E-state index contributed by atoms with van der Waals surface area (Å²) in [5.41, 5.74) is 1.35. The van der Waals surface area contributed by atoms with Crippen molar-refractivity contribution >= 4 is 17.6 Å². The summed E-state index contributed by atoms with van der Waals surface area (Å²) in [7, 11) is -1.02. The van der Waals surface area contributed by atoms with E-state index in [0.29, 0.717) is 0 Å². The van der Waals surface area contributed by atoms with E-state index < -0.39 is 7.32 Å². The Bertz CT molecular complexity index is 88.8. The molecule has 0 atom stereocenters. The van der Waals surface area contributed by atoms with Gasteiger partial charge in [0.2, 0.25) is 0 Å². The predicted octanol–water partition coefficient (Wildman–Crippen LogP) is -2.01. The van der Waals surface area contributed by atoms with Crippen molar-refractivity contribution in [2.24, 2.45) is 0 Å². The molecular formula is C5H14BO4SiZn-. The van der Waals surface area contributed by atoms with Crippen LogP contribution in [0.1, 0.15) is 19.3 Å². The van der Waals surface area contributed by atoms with Gasteiger partial charge >= 0.3 is 7.32 Å². The van der Waals surface area contributed by atoms with Crippen molar-refractivity contribution in [3.8, 4) is 0 Å². The van der Waals surface area contributed by atoms with Gasteiger partial charge in [-0.2, -0.15) is 6.42 Å². The molecule has 1 heterocycles. The fraction of sp³-hybridized carbons (Fsp3) is 0.800. The van der Waals surface area contributed by atoms with Gasteiger partial charge in [0.25, 0.3) is 0 Å². The average molecular weight is 242 g/mol. The van der Waals surface area contributed by atoms with Gasteiger partial charge in [0.05, 0.1) is 0 Å². The van der Waals surface area contributed by atoms with Gasteiger partial charge < -0.3 is 19.8 Å². The second kappa shape index (κ2) is 9.83. The quantitative estimate of drug-likeness (QED) is 0.339. The maximum Gasteiger partial charge on any atom is 0.631 e. The van der Waals surface area contributed by atoms with E-state index in [1.54, 1.807) is 0 Å². The summed E-state index contributed by atoms with van der Waals surface area (Å²) in [5, 5.41) is 21.5. The summed E-state index contributed by atoms with van der Waals surface area (Å²) in [5.74, 6) is 0. The Labute approximate surface area is 88.7 Å². The molecule has 0 aromatic rings. The SMILES string of the molecule is OB(O)O.[SiH3][C-]1CCCCO1.[Zn]. The first kappa shape index (κ1) is 15.2. The number of ether oxygens (including phenoxy) is 1. The molecule has 4 nitrogen and oxygen atoms in total. The van der Waals surface area contributed by atoms with Crippen LogP contribution < -0.4 is 0 Å². The van der Waals surface area contributed by atoms with E-state index in [2.05, 4.69) is 0 Å². The van der Waals surface area contributed by atoms with Crippen molar-refractivity contribution in [2.75, 3.05) is 6.61 Å². The van der Waals surface area contributed by atoms with Gasteiger partial charge in [0.15, 0.2) is 0 Å². The van der Waals surface area contributed by atoms with E-state index >= 15 is 0 Å². The molecule has 0 spiro atoms. The van der Waals surface area contributed by atoms with Gasteiger partial charge in [-0.05, 0) is 6.42 Å². The molecule has 0 aliphatic carbocycles. The summed E-state index contributed by atoms with van der Waals surface area (Å²) in [4.78, 5) is 0. The van der Waals surface area contributed by atoms with E-state index in [-0.39, 0.29) is 19.5 Å². The summed E-state index contributed by atoms with van der Waals surface area (Å²) in [6, 6.07) is 0. The van der Waals surface area contributed by atoms with Gasteiger partial charge in [0, 0.05) is 26.1 Å². The Morgan fingerprint density at radius 2 is 1.75 bits per heavy atom. The van der Waals surface area contributed by atoms with Gasteiger partial charge in [-0.3, -0.25) is 0 Å². The molecular weight excluding hydrogens is 228 g/mol. The molecule has 0 unspecified atom stereocenters. The fourth-order valence-corrected chi connectivity index (χ4v) is 1.35. The topological polar surface area (TPSA) is 69.9 Å². The fourth-order valence-electron chi connectivity index (χ4n) is 0.795. The smallest absolute Gasteiger partial charge is 0.551 e. The van der Waals surface area contributed by atoms with Crippen LogP contribution in [-0.4, -0.2) is 39.2 Å². The van der Waals surface area contributed by atoms with Crippen LogP contribution in [0.15, 0.2) is 0 Å². The number of hydrogen-bond donors (Lipinski definition) is 3. The van der Waals surface area contributed by atoms with E-state index in [4.69, 9.17) is 19.8 Å². The van der Waals surface area contributed by atoms with E-state index in [0.717, 1.165) is 16.8 Å². The zero-order valence-corrected chi connectivity index (χ0v) is 12.3. The number of hydrogen-bond acceptors (Lipinski definition) is 4. The first-order chi connectivity index (χ1) is 5.13. The Hall–Kier alpha value is 0.745. The Morgan fingerprint density at radius 1 is 1.25 bits per heavy atom. The molecule has 0 amide bonds. The first-order valence-corrected chi connectivity index (χ1v) is 4.62. The van der Waals surface area contributed by atoms with Crippen LogP contribution in [0.5, 0.6) is 0 Å². The van der Waals surface area contributed by atoms with Crippen LogP contribution in [0.3, 0.4) is 0 Å². The second-order valence-corrected chi connectivity index (χ2v) is 3.47. The summed E-state index contributed by atoms with van der Waals surface area (Å²) < 4.78 is 5.26. The third kappa shape index (κ3) is 13.3. The molecule has 1 saturated heterocycles. The van der Waals surface area contributed by atoms with E-state index in [9.17, 15) is 0 Å². The molecule has 0 saturated carbocycles. The maximum absolute atomic E-state index is 7.17. The van der Waals surface area contributed by atoms with Crippen molar-refractivity contribution in [1.82, 2.24) is 0 Å². The average Bonchev–Trinajstić information content (AvgIpc) is 1.87. The third-order valence-corrected chi connectivity index (χ3v) is 2.06. The third-order valence-electron chi connectivity index (χ3n) is 1.27. The van der Waals surface area contributed by atoms with Crippen molar-refractivity contribution in [3.63, 3.8) is 0 Å². The molecule has 1 fully saturated rings. The Balaban J connectivity index is 0. The van der Waals surface area contributed by atoms with E-state index in [1.807, 2.05) is 0 Å². The Morgan fingerprint density at radius 3 is 1.92 bits per heavy atom. The number of rotatable bonds is 0. The van der Waals surface area contributed by atoms with Crippen LogP contribution in [0.2, 0.25) is 0 Å². The zero-order chi connectivity index (χ0) is 8.69.